The molecule has 0 fully saturated rings. The van der Waals surface area contributed by atoms with Crippen LogP contribution in [-0.4, -0.2) is 14.8 Å². The van der Waals surface area contributed by atoms with Crippen LogP contribution in [0, 0.1) is 0 Å². The first kappa shape index (κ1) is 23.3. The molecule has 0 saturated carbocycles. The van der Waals surface area contributed by atoms with Gasteiger partial charge in [-0.1, -0.05) is 96.5 Å². The van der Waals surface area contributed by atoms with Crippen LogP contribution < -0.4 is 5.56 Å². The van der Waals surface area contributed by atoms with Crippen molar-refractivity contribution in [3.8, 4) is 11.5 Å². The summed E-state index contributed by atoms with van der Waals surface area (Å²) in [6.07, 6.45) is 24.9. The van der Waals surface area contributed by atoms with Crippen LogP contribution in [0.3, 0.4) is 0 Å². The Bertz CT molecular complexity index is 577. The van der Waals surface area contributed by atoms with Crippen molar-refractivity contribution >= 4 is 6.20 Å². The minimum absolute atomic E-state index is 0.378. The average molecular weight is 378 g/mol. The number of nitrogens with zero attached hydrogens (tertiary/aromatic N) is 1. The molecule has 0 spiro atoms. The topological polar surface area (TPSA) is 62.5 Å². The first-order valence-electron chi connectivity index (χ1n) is 11.0. The number of hydrogen-bond donors (Lipinski definition) is 2. The fraction of sp³-hybridized carbons (Fsp3) is 0.696. The van der Waals surface area contributed by atoms with Crippen LogP contribution in [0.5, 0.6) is 11.5 Å². The van der Waals surface area contributed by atoms with Crippen molar-refractivity contribution in [1.82, 2.24) is 4.57 Å². The second-order valence-electron chi connectivity index (χ2n) is 7.53. The van der Waals surface area contributed by atoms with Crippen LogP contribution in [0.1, 0.15) is 103 Å². The lowest BCUT2D eigenvalue weighted by molar-refractivity contribution is 0.396. The monoisotopic (exact) mass is 377 g/mol. The molecule has 0 atom stereocenters. The number of unbranched alkanes of at least 4 members (excludes halogenated alkanes) is 14. The Morgan fingerprint density at radius 2 is 1.30 bits per heavy atom. The van der Waals surface area contributed by atoms with E-state index in [0.29, 0.717) is 0 Å². The normalized spacial score (nSPS) is 11.4. The Morgan fingerprint density at radius 3 is 1.81 bits per heavy atom. The summed E-state index contributed by atoms with van der Waals surface area (Å²) in [7, 11) is 0. The Hall–Kier alpha value is -1.71. The van der Waals surface area contributed by atoms with Crippen molar-refractivity contribution in [2.75, 3.05) is 0 Å². The fourth-order valence-electron chi connectivity index (χ4n) is 3.29. The zero-order chi connectivity index (χ0) is 19.7. The van der Waals surface area contributed by atoms with E-state index in [1.54, 1.807) is 6.20 Å². The highest BCUT2D eigenvalue weighted by Gasteiger charge is 2.04. The first-order valence-corrected chi connectivity index (χ1v) is 11.0. The predicted molar refractivity (Wildman–Crippen MR) is 114 cm³/mol. The van der Waals surface area contributed by atoms with Gasteiger partial charge in [-0.3, -0.25) is 9.36 Å². The van der Waals surface area contributed by atoms with Crippen molar-refractivity contribution in [2.24, 2.45) is 0 Å². The van der Waals surface area contributed by atoms with Gasteiger partial charge in [0.1, 0.15) is 0 Å². The Morgan fingerprint density at radius 1 is 0.815 bits per heavy atom. The largest absolute Gasteiger partial charge is 0.504 e. The van der Waals surface area contributed by atoms with Gasteiger partial charge in [-0.2, -0.15) is 0 Å². The van der Waals surface area contributed by atoms with Gasteiger partial charge in [0.2, 0.25) is 5.75 Å². The molecule has 4 nitrogen and oxygen atoms in total. The van der Waals surface area contributed by atoms with E-state index in [-0.39, 0.29) is 5.75 Å². The molecular weight excluding hydrogens is 338 g/mol. The lowest BCUT2D eigenvalue weighted by atomic mass is 10.0. The van der Waals surface area contributed by atoms with Gasteiger partial charge in [-0.15, -0.1) is 0 Å². The summed E-state index contributed by atoms with van der Waals surface area (Å²) < 4.78 is 1.29. The molecule has 1 aromatic rings. The zero-order valence-electron chi connectivity index (χ0n) is 17.2. The quantitative estimate of drug-likeness (QED) is 0.319. The second-order valence-corrected chi connectivity index (χ2v) is 7.53. The molecule has 0 unspecified atom stereocenters. The molecule has 27 heavy (non-hydrogen) atoms. The highest BCUT2D eigenvalue weighted by molar-refractivity contribution is 5.37. The third-order valence-electron chi connectivity index (χ3n) is 5.06. The average Bonchev–Trinajstić information content (AvgIpc) is 2.67. The number of pyridine rings is 1. The number of hydrogen-bond acceptors (Lipinski definition) is 3. The van der Waals surface area contributed by atoms with Crippen molar-refractivity contribution in [1.29, 1.82) is 0 Å². The van der Waals surface area contributed by atoms with Gasteiger partial charge in [0.15, 0.2) is 5.75 Å². The van der Waals surface area contributed by atoms with Crippen LogP contribution >= 0.6 is 0 Å². The molecule has 2 N–H and O–H groups in total. The minimum Gasteiger partial charge on any atom is -0.504 e. The first-order chi connectivity index (χ1) is 13.2. The van der Waals surface area contributed by atoms with E-state index in [1.807, 2.05) is 6.08 Å². The van der Waals surface area contributed by atoms with Crippen LogP contribution in [-0.2, 0) is 0 Å². The third-order valence-corrected chi connectivity index (χ3v) is 5.06. The molecule has 0 aliphatic heterocycles. The molecule has 4 heteroatoms. The lowest BCUT2D eigenvalue weighted by Crippen LogP contribution is -2.13. The van der Waals surface area contributed by atoms with E-state index in [4.69, 9.17) is 0 Å². The molecule has 154 valence electrons. The van der Waals surface area contributed by atoms with Crippen LogP contribution in [0.4, 0.5) is 0 Å². The molecule has 0 aliphatic carbocycles. The van der Waals surface area contributed by atoms with Gasteiger partial charge in [0.05, 0.1) is 0 Å². The lowest BCUT2D eigenvalue weighted by Gasteiger charge is -2.03. The van der Waals surface area contributed by atoms with E-state index >= 15 is 0 Å². The summed E-state index contributed by atoms with van der Waals surface area (Å²) in [6, 6.07) is 1.31. The van der Waals surface area contributed by atoms with E-state index in [1.165, 1.54) is 100 Å². The molecular formula is C23H39NO3. The van der Waals surface area contributed by atoms with Crippen molar-refractivity contribution in [3.05, 3.63) is 28.7 Å². The Kier molecular flexibility index (Phi) is 13.3. The van der Waals surface area contributed by atoms with E-state index in [0.717, 1.165) is 12.8 Å². The van der Waals surface area contributed by atoms with Gasteiger partial charge in [0.25, 0.3) is 0 Å². The Labute approximate surface area is 164 Å². The number of rotatable bonds is 16. The van der Waals surface area contributed by atoms with Gasteiger partial charge in [-0.05, 0) is 12.8 Å². The zero-order valence-corrected chi connectivity index (χ0v) is 17.2. The summed E-state index contributed by atoms with van der Waals surface area (Å²) in [6.45, 7) is 2.27. The number of aromatic nitrogens is 1. The van der Waals surface area contributed by atoms with Gasteiger partial charge < -0.3 is 10.2 Å². The standard InChI is InChI=1S/C23H39NO3/c1-2-3-4-5-6-7-8-9-10-11-12-13-14-15-16-17-19-24-20-18-21(25)22(26)23(24)27/h17-20,25-26H,2-16H2,1H3. The molecule has 0 aliphatic rings. The van der Waals surface area contributed by atoms with E-state index in [9.17, 15) is 15.0 Å². The molecule has 0 radical (unpaired) electrons. The summed E-state index contributed by atoms with van der Waals surface area (Å²) in [5.41, 5.74) is -0.591. The highest BCUT2D eigenvalue weighted by atomic mass is 16.3. The third kappa shape index (κ3) is 10.9. The summed E-state index contributed by atoms with van der Waals surface area (Å²) in [5.74, 6) is -0.977. The minimum atomic E-state index is -0.598. The Balaban J connectivity index is 1.92. The number of allylic oxidation sites excluding steroid dienone is 1. The van der Waals surface area contributed by atoms with Gasteiger partial charge >= 0.3 is 5.56 Å². The van der Waals surface area contributed by atoms with Crippen molar-refractivity contribution in [2.45, 2.75) is 103 Å². The smallest absolute Gasteiger partial charge is 0.300 e. The molecule has 1 heterocycles. The maximum Gasteiger partial charge on any atom is 0.300 e. The SMILES string of the molecule is CCCCCCCCCCCCCCCCC=Cn1ccc(O)c(O)c1=O. The molecule has 0 amide bonds. The van der Waals surface area contributed by atoms with Crippen molar-refractivity contribution in [3.63, 3.8) is 0 Å². The molecule has 0 aromatic carbocycles. The maximum absolute atomic E-state index is 11.7. The van der Waals surface area contributed by atoms with Crippen molar-refractivity contribution < 1.29 is 10.2 Å². The molecule has 0 saturated heterocycles. The van der Waals surface area contributed by atoms with Crippen LogP contribution in [0.15, 0.2) is 23.1 Å². The highest BCUT2D eigenvalue weighted by Crippen LogP contribution is 2.17. The summed E-state index contributed by atoms with van der Waals surface area (Å²) >= 11 is 0. The number of aromatic hydroxyl groups is 2. The van der Waals surface area contributed by atoms with Gasteiger partial charge in [0, 0.05) is 18.5 Å². The van der Waals surface area contributed by atoms with Crippen LogP contribution in [0.25, 0.3) is 6.20 Å². The maximum atomic E-state index is 11.7. The van der Waals surface area contributed by atoms with Crippen LogP contribution in [0.2, 0.25) is 0 Å². The van der Waals surface area contributed by atoms with Gasteiger partial charge in [-0.25, -0.2) is 0 Å². The second kappa shape index (κ2) is 15.4. The summed E-state index contributed by atoms with van der Waals surface area (Å²) in [5, 5.41) is 18.7. The fourth-order valence-corrected chi connectivity index (χ4v) is 3.29. The molecule has 1 rings (SSSR count). The summed E-state index contributed by atoms with van der Waals surface area (Å²) in [4.78, 5) is 11.7. The predicted octanol–water partition coefficient (Wildman–Crippen LogP) is 6.60. The van der Waals surface area contributed by atoms with E-state index in [2.05, 4.69) is 6.92 Å². The molecule has 0 bridgehead atoms. The van der Waals surface area contributed by atoms with E-state index < -0.39 is 11.3 Å². The molecule has 1 aromatic heterocycles.